The van der Waals surface area contributed by atoms with E-state index in [2.05, 4.69) is 43.2 Å². The lowest BCUT2D eigenvalue weighted by atomic mass is 9.97. The molecule has 0 bridgehead atoms. The summed E-state index contributed by atoms with van der Waals surface area (Å²) in [4.78, 5) is 60.8. The largest absolute Gasteiger partial charge is 0.357 e. The van der Waals surface area contributed by atoms with Crippen molar-refractivity contribution in [2.24, 2.45) is 5.92 Å². The van der Waals surface area contributed by atoms with Crippen molar-refractivity contribution in [2.45, 2.75) is 39.3 Å². The Hall–Kier alpha value is -2.96. The van der Waals surface area contributed by atoms with E-state index >= 15 is 0 Å². The standard InChI is InChI=1S/C22H25IN6O4/c1-4-17(30)26-19(31)11(2)29-10-12-5-6-14(8-15(12)21(29)33)24-20(32)13-7-16-18(28(3)9-13)27-22(23)25-16/h5-6,8,11,13H,4,7,9-10H2,1-3H3,(H,24,32)(H,25,27)(H,26,30,31). The van der Waals surface area contributed by atoms with E-state index in [4.69, 9.17) is 0 Å². The number of amides is 4. The Bertz CT molecular complexity index is 1150. The lowest BCUT2D eigenvalue weighted by Crippen LogP contribution is -2.46. The van der Waals surface area contributed by atoms with Gasteiger partial charge in [0.25, 0.3) is 5.91 Å². The maximum absolute atomic E-state index is 13.0. The second kappa shape index (κ2) is 9.12. The molecule has 0 saturated heterocycles. The molecular weight excluding hydrogens is 539 g/mol. The number of H-pyrrole nitrogens is 1. The smallest absolute Gasteiger partial charge is 0.255 e. The fraction of sp³-hybridized carbons (Fsp3) is 0.409. The zero-order valence-electron chi connectivity index (χ0n) is 18.6. The van der Waals surface area contributed by atoms with Gasteiger partial charge in [0.15, 0.2) is 9.65 Å². The van der Waals surface area contributed by atoms with Crippen LogP contribution in [0.25, 0.3) is 0 Å². The van der Waals surface area contributed by atoms with Gasteiger partial charge in [-0.25, -0.2) is 4.98 Å². The molecule has 4 rings (SSSR count). The molecule has 3 N–H and O–H groups in total. The van der Waals surface area contributed by atoms with E-state index in [0.29, 0.717) is 24.2 Å². The summed E-state index contributed by atoms with van der Waals surface area (Å²) >= 11 is 2.12. The molecule has 2 aliphatic heterocycles. The van der Waals surface area contributed by atoms with E-state index in [9.17, 15) is 19.2 Å². The number of rotatable bonds is 5. The molecule has 2 unspecified atom stereocenters. The Morgan fingerprint density at radius 3 is 2.82 bits per heavy atom. The highest BCUT2D eigenvalue weighted by Crippen LogP contribution is 2.30. The summed E-state index contributed by atoms with van der Waals surface area (Å²) in [6.07, 6.45) is 0.746. The molecule has 11 heteroatoms. The van der Waals surface area contributed by atoms with Crippen molar-refractivity contribution in [2.75, 3.05) is 23.8 Å². The number of benzene rings is 1. The zero-order valence-corrected chi connectivity index (χ0v) is 20.7. The van der Waals surface area contributed by atoms with Crippen molar-refractivity contribution < 1.29 is 19.2 Å². The molecule has 2 aliphatic rings. The highest BCUT2D eigenvalue weighted by molar-refractivity contribution is 14.1. The van der Waals surface area contributed by atoms with Crippen LogP contribution in [0.4, 0.5) is 11.5 Å². The Morgan fingerprint density at radius 1 is 1.33 bits per heavy atom. The minimum atomic E-state index is -0.789. The second-order valence-electron chi connectivity index (χ2n) is 8.35. The Balaban J connectivity index is 1.44. The Labute approximate surface area is 204 Å². The second-order valence-corrected chi connectivity index (χ2v) is 9.37. The molecule has 0 spiro atoms. The van der Waals surface area contributed by atoms with Crippen LogP contribution < -0.4 is 15.5 Å². The lowest BCUT2D eigenvalue weighted by molar-refractivity contribution is -0.132. The van der Waals surface area contributed by atoms with E-state index in [0.717, 1.165) is 20.9 Å². The van der Waals surface area contributed by atoms with Gasteiger partial charge in [-0.1, -0.05) is 13.0 Å². The SMILES string of the molecule is CCC(=O)NC(=O)C(C)N1Cc2ccc(NC(=O)C3Cc4[nH]c(I)nc4N(C)C3)cc2C1=O. The minimum absolute atomic E-state index is 0.134. The van der Waals surface area contributed by atoms with Crippen molar-refractivity contribution in [3.05, 3.63) is 38.9 Å². The number of carbonyl (C=O) groups excluding carboxylic acids is 4. The van der Waals surface area contributed by atoms with Crippen LogP contribution in [0.5, 0.6) is 0 Å². The molecule has 0 aliphatic carbocycles. The first kappa shape index (κ1) is 23.2. The number of aromatic nitrogens is 2. The van der Waals surface area contributed by atoms with Gasteiger partial charge in [0, 0.05) is 44.2 Å². The molecule has 2 aromatic rings. The summed E-state index contributed by atoms with van der Waals surface area (Å²) in [5, 5.41) is 5.22. The van der Waals surface area contributed by atoms with E-state index in [1.54, 1.807) is 32.0 Å². The number of imide groups is 1. The average molecular weight is 564 g/mol. The van der Waals surface area contributed by atoms with Crippen LogP contribution in [0.3, 0.4) is 0 Å². The molecule has 4 amide bonds. The van der Waals surface area contributed by atoms with E-state index in [-0.39, 0.29) is 36.6 Å². The van der Waals surface area contributed by atoms with Crippen LogP contribution >= 0.6 is 22.6 Å². The maximum atomic E-state index is 13.0. The van der Waals surface area contributed by atoms with Crippen molar-refractivity contribution in [3.63, 3.8) is 0 Å². The van der Waals surface area contributed by atoms with Gasteiger partial charge >= 0.3 is 0 Å². The number of nitrogens with one attached hydrogen (secondary N) is 3. The molecule has 10 nitrogen and oxygen atoms in total. The summed E-state index contributed by atoms with van der Waals surface area (Å²) in [6.45, 7) is 4.06. The van der Waals surface area contributed by atoms with Crippen LogP contribution in [0.1, 0.15) is 41.9 Å². The summed E-state index contributed by atoms with van der Waals surface area (Å²) in [5.41, 5.74) is 2.68. The third-order valence-electron chi connectivity index (χ3n) is 6.05. The van der Waals surface area contributed by atoms with Crippen molar-refractivity contribution in [3.8, 4) is 0 Å². The zero-order chi connectivity index (χ0) is 23.9. The minimum Gasteiger partial charge on any atom is -0.357 e. The van der Waals surface area contributed by atoms with Gasteiger partial charge in [-0.05, 0) is 47.2 Å². The number of imidazole rings is 1. The highest BCUT2D eigenvalue weighted by atomic mass is 127. The molecule has 0 saturated carbocycles. The van der Waals surface area contributed by atoms with Gasteiger partial charge in [-0.15, -0.1) is 0 Å². The number of hydrogen-bond donors (Lipinski definition) is 3. The number of aromatic amines is 1. The fourth-order valence-corrected chi connectivity index (χ4v) is 4.71. The summed E-state index contributed by atoms with van der Waals surface area (Å²) in [7, 11) is 1.91. The van der Waals surface area contributed by atoms with Gasteiger partial charge in [-0.3, -0.25) is 24.5 Å². The Morgan fingerprint density at radius 2 is 2.09 bits per heavy atom. The topological polar surface area (TPSA) is 128 Å². The number of fused-ring (bicyclic) bond motifs is 2. The van der Waals surface area contributed by atoms with E-state index in [1.807, 2.05) is 11.9 Å². The molecular formula is C22H25IN6O4. The van der Waals surface area contributed by atoms with Gasteiger partial charge in [0.05, 0.1) is 11.6 Å². The first-order valence-corrected chi connectivity index (χ1v) is 11.8. The first-order chi connectivity index (χ1) is 15.7. The van der Waals surface area contributed by atoms with Gasteiger partial charge < -0.3 is 20.1 Å². The normalized spacial score (nSPS) is 17.9. The van der Waals surface area contributed by atoms with E-state index in [1.165, 1.54) is 4.90 Å². The maximum Gasteiger partial charge on any atom is 0.255 e. The highest BCUT2D eigenvalue weighted by Gasteiger charge is 2.35. The van der Waals surface area contributed by atoms with Crippen molar-refractivity contribution in [1.82, 2.24) is 20.2 Å². The monoisotopic (exact) mass is 564 g/mol. The van der Waals surface area contributed by atoms with Crippen LogP contribution in [0, 0.1) is 9.75 Å². The molecule has 33 heavy (non-hydrogen) atoms. The van der Waals surface area contributed by atoms with Gasteiger partial charge in [0.1, 0.15) is 6.04 Å². The van der Waals surface area contributed by atoms with E-state index < -0.39 is 11.9 Å². The first-order valence-electron chi connectivity index (χ1n) is 10.7. The predicted molar refractivity (Wildman–Crippen MR) is 130 cm³/mol. The number of halogens is 1. The third kappa shape index (κ3) is 4.59. The molecule has 1 aromatic heterocycles. The van der Waals surface area contributed by atoms with Crippen LogP contribution in [0.2, 0.25) is 0 Å². The molecule has 2 atom stereocenters. The summed E-state index contributed by atoms with van der Waals surface area (Å²) in [6, 6.07) is 4.40. The summed E-state index contributed by atoms with van der Waals surface area (Å²) < 4.78 is 0.786. The quantitative estimate of drug-likeness (QED) is 0.475. The third-order valence-corrected chi connectivity index (χ3v) is 6.56. The number of carbonyl (C=O) groups is 4. The fourth-order valence-electron chi connectivity index (χ4n) is 4.16. The molecule has 174 valence electrons. The molecule has 1 aromatic carbocycles. The average Bonchev–Trinajstić information content (AvgIpc) is 3.32. The number of hydrogen-bond acceptors (Lipinski definition) is 6. The van der Waals surface area contributed by atoms with Crippen molar-refractivity contribution in [1.29, 1.82) is 0 Å². The van der Waals surface area contributed by atoms with Gasteiger partial charge in [-0.2, -0.15) is 0 Å². The van der Waals surface area contributed by atoms with Gasteiger partial charge in [0.2, 0.25) is 17.7 Å². The Kier molecular flexibility index (Phi) is 6.41. The van der Waals surface area contributed by atoms with Crippen molar-refractivity contribution >= 4 is 57.7 Å². The van der Waals surface area contributed by atoms with Crippen LogP contribution in [-0.4, -0.2) is 58.1 Å². The number of nitrogens with zero attached hydrogens (tertiary/aromatic N) is 3. The molecule has 0 radical (unpaired) electrons. The molecule has 0 fully saturated rings. The van der Waals surface area contributed by atoms with Crippen LogP contribution in [0.15, 0.2) is 18.2 Å². The molecule has 3 heterocycles. The lowest BCUT2D eigenvalue weighted by Gasteiger charge is -2.29. The predicted octanol–water partition coefficient (Wildman–Crippen LogP) is 1.66. The number of anilines is 2. The van der Waals surface area contributed by atoms with Crippen LogP contribution in [-0.2, 0) is 27.3 Å². The summed E-state index contributed by atoms with van der Waals surface area (Å²) in [5.74, 6) is -0.728.